The summed E-state index contributed by atoms with van der Waals surface area (Å²) in [4.78, 5) is 20.8. The average molecular weight is 598 g/mol. The molecule has 0 spiro atoms. The Morgan fingerprint density at radius 2 is 2.05 bits per heavy atom. The molecule has 2 heterocycles. The van der Waals surface area contributed by atoms with Gasteiger partial charge >= 0.3 is 0 Å². The molecule has 40 heavy (non-hydrogen) atoms. The second-order valence-electron chi connectivity index (χ2n) is 9.44. The van der Waals surface area contributed by atoms with E-state index in [0.29, 0.717) is 57.2 Å². The van der Waals surface area contributed by atoms with E-state index in [4.69, 9.17) is 33.7 Å². The van der Waals surface area contributed by atoms with Crippen molar-refractivity contribution in [3.05, 3.63) is 105 Å². The van der Waals surface area contributed by atoms with Crippen molar-refractivity contribution in [1.82, 2.24) is 9.97 Å². The first kappa shape index (κ1) is 28.1. The molecule has 2 aromatic carbocycles. The van der Waals surface area contributed by atoms with E-state index >= 15 is 0 Å². The van der Waals surface area contributed by atoms with Crippen molar-refractivity contribution in [2.45, 2.75) is 19.8 Å². The van der Waals surface area contributed by atoms with E-state index in [2.05, 4.69) is 14.7 Å². The summed E-state index contributed by atoms with van der Waals surface area (Å²) in [5, 5.41) is 1.85. The predicted octanol–water partition coefficient (Wildman–Crippen LogP) is 8.21. The molecule has 0 radical (unpaired) electrons. The predicted molar refractivity (Wildman–Crippen MR) is 162 cm³/mol. The lowest BCUT2D eigenvalue weighted by Gasteiger charge is -2.14. The molecule has 4 aromatic rings. The van der Waals surface area contributed by atoms with Crippen LogP contribution >= 0.6 is 35.1 Å². The average Bonchev–Trinajstić information content (AvgIpc) is 3.52. The van der Waals surface area contributed by atoms with E-state index in [1.165, 1.54) is 11.9 Å². The topological polar surface area (TPSA) is 93.0 Å². The second-order valence-corrected chi connectivity index (χ2v) is 11.2. The summed E-state index contributed by atoms with van der Waals surface area (Å²) in [6, 6.07) is 14.6. The zero-order chi connectivity index (χ0) is 28.2. The molecule has 4 N–H and O–H groups in total. The number of ketones is 1. The highest BCUT2D eigenvalue weighted by molar-refractivity contribution is 8.00. The second kappa shape index (κ2) is 12.4. The molecule has 206 valence electrons. The number of halogens is 3. The molecule has 0 saturated carbocycles. The van der Waals surface area contributed by atoms with Crippen LogP contribution in [-0.2, 0) is 6.42 Å². The summed E-state index contributed by atoms with van der Waals surface area (Å²) >= 11 is 14.2. The van der Waals surface area contributed by atoms with Crippen molar-refractivity contribution < 1.29 is 13.9 Å². The van der Waals surface area contributed by atoms with Crippen LogP contribution in [0, 0.1) is 12.8 Å². The van der Waals surface area contributed by atoms with Crippen LogP contribution in [0.4, 0.5) is 10.1 Å². The molecule has 1 atom stereocenters. The molecule has 0 aliphatic heterocycles. The molecule has 10 heteroatoms. The number of hydrogen-bond donors (Lipinski definition) is 3. The van der Waals surface area contributed by atoms with Crippen molar-refractivity contribution in [1.29, 1.82) is 0 Å². The third-order valence-electron chi connectivity index (χ3n) is 6.63. The highest BCUT2D eigenvalue weighted by atomic mass is 35.5. The van der Waals surface area contributed by atoms with E-state index in [-0.39, 0.29) is 18.4 Å². The smallest absolute Gasteiger partial charge is 0.238 e. The number of carbonyl (C=O) groups excluding carboxylic acids is 1. The molecular formula is C30H27Cl2FN4O2S. The molecule has 0 fully saturated rings. The van der Waals surface area contributed by atoms with Crippen LogP contribution in [0.1, 0.15) is 28.0 Å². The van der Waals surface area contributed by atoms with E-state index in [9.17, 15) is 9.18 Å². The molecule has 5 rings (SSSR count). The maximum absolute atomic E-state index is 13.4. The van der Waals surface area contributed by atoms with E-state index in [1.807, 2.05) is 37.3 Å². The first-order valence-electron chi connectivity index (χ1n) is 12.7. The number of H-pyrrole nitrogens is 1. The number of hydrogen-bond acceptors (Lipinski definition) is 6. The quantitative estimate of drug-likeness (QED) is 0.0917. The Morgan fingerprint density at radius 3 is 2.83 bits per heavy atom. The zero-order valence-electron chi connectivity index (χ0n) is 21.6. The minimum atomic E-state index is -0.334. The lowest BCUT2D eigenvalue weighted by atomic mass is 9.97. The van der Waals surface area contributed by atoms with Crippen LogP contribution in [0.3, 0.4) is 0 Å². The Morgan fingerprint density at radius 1 is 1.20 bits per heavy atom. The largest absolute Gasteiger partial charge is 0.437 e. The van der Waals surface area contributed by atoms with Crippen molar-refractivity contribution >= 4 is 57.5 Å². The number of aryl methyl sites for hydroxylation is 1. The Bertz CT molecular complexity index is 1640. The lowest BCUT2D eigenvalue weighted by molar-refractivity contribution is 0.103. The first-order valence-corrected chi connectivity index (χ1v) is 14.4. The lowest BCUT2D eigenvalue weighted by Crippen LogP contribution is -2.15. The minimum absolute atomic E-state index is 0.168. The van der Waals surface area contributed by atoms with Crippen LogP contribution in [0.25, 0.3) is 10.9 Å². The van der Waals surface area contributed by atoms with E-state index in [1.54, 1.807) is 36.5 Å². The van der Waals surface area contributed by atoms with Gasteiger partial charge in [0.05, 0.1) is 12.4 Å². The van der Waals surface area contributed by atoms with Gasteiger partial charge in [-0.2, -0.15) is 0 Å². The van der Waals surface area contributed by atoms with E-state index < -0.39 is 0 Å². The summed E-state index contributed by atoms with van der Waals surface area (Å²) in [5.41, 5.74) is 11.6. The number of rotatable bonds is 11. The van der Waals surface area contributed by atoms with Gasteiger partial charge in [0.15, 0.2) is 0 Å². The number of carbonyl (C=O) groups is 1. The molecule has 1 aliphatic carbocycles. The van der Waals surface area contributed by atoms with Crippen molar-refractivity contribution in [3.8, 4) is 11.6 Å². The van der Waals surface area contributed by atoms with Gasteiger partial charge in [0.25, 0.3) is 0 Å². The van der Waals surface area contributed by atoms with Crippen LogP contribution in [0.15, 0.2) is 78.1 Å². The molecule has 0 amide bonds. The van der Waals surface area contributed by atoms with Crippen LogP contribution in [-0.4, -0.2) is 28.2 Å². The Hall–Kier alpha value is -3.46. The summed E-state index contributed by atoms with van der Waals surface area (Å²) in [6.07, 6.45) is 6.34. The van der Waals surface area contributed by atoms with Gasteiger partial charge in [0.1, 0.15) is 10.8 Å². The third-order valence-corrected chi connectivity index (χ3v) is 8.12. The molecule has 1 aliphatic rings. The molecule has 1 unspecified atom stereocenters. The van der Waals surface area contributed by atoms with Gasteiger partial charge in [-0.25, -0.2) is 4.98 Å². The fourth-order valence-electron chi connectivity index (χ4n) is 4.48. The molecule has 6 nitrogen and oxygen atoms in total. The number of fused-ring (bicyclic) bond motifs is 1. The van der Waals surface area contributed by atoms with Gasteiger partial charge in [-0.1, -0.05) is 53.4 Å². The summed E-state index contributed by atoms with van der Waals surface area (Å²) < 4.78 is 21.4. The summed E-state index contributed by atoms with van der Waals surface area (Å²) in [6.45, 7) is 1.66. The highest BCUT2D eigenvalue weighted by Gasteiger charge is 2.25. The van der Waals surface area contributed by atoms with Crippen molar-refractivity contribution in [3.63, 3.8) is 0 Å². The van der Waals surface area contributed by atoms with Gasteiger partial charge in [0, 0.05) is 50.8 Å². The third kappa shape index (κ3) is 6.14. The Labute approximate surface area is 245 Å². The molecule has 0 bridgehead atoms. The first-order chi connectivity index (χ1) is 19.3. The number of allylic oxidation sites excluding steroid dienone is 3. The van der Waals surface area contributed by atoms with Crippen LogP contribution < -0.4 is 15.2 Å². The van der Waals surface area contributed by atoms with Crippen LogP contribution in [0.2, 0.25) is 10.0 Å². The minimum Gasteiger partial charge on any atom is -0.437 e. The number of aromatic amines is 1. The van der Waals surface area contributed by atoms with E-state index in [0.717, 1.165) is 27.7 Å². The molecule has 2 aromatic heterocycles. The van der Waals surface area contributed by atoms with Gasteiger partial charge in [-0.3, -0.25) is 9.18 Å². The van der Waals surface area contributed by atoms with Gasteiger partial charge in [-0.15, -0.1) is 0 Å². The normalized spacial score (nSPS) is 14.8. The fraction of sp³-hybridized carbons (Fsp3) is 0.200. The monoisotopic (exact) mass is 596 g/mol. The number of aromatic nitrogens is 2. The maximum atomic E-state index is 13.4. The number of alkyl halides is 1. The maximum Gasteiger partial charge on any atom is 0.238 e. The standard InChI is InChI=1S/C30H27Cl2FN4O2S/c1-17-12-20-14-27(36-26(20)16-25(17)37-40-11-3-9-33)29(38)22-8-6-19(28(22)34)13-18-5-7-21(15-24(18)32)39-30-23(31)4-2-10-35-30/h2,4-8,10,12,14-16,19,36-37H,3,9,11,13,34H2,1H3. The Balaban J connectivity index is 1.29. The van der Waals surface area contributed by atoms with Crippen molar-refractivity contribution in [2.24, 2.45) is 11.7 Å². The number of benzene rings is 2. The number of ether oxygens (including phenoxy) is 1. The van der Waals surface area contributed by atoms with Gasteiger partial charge in [-0.05, 0) is 73.4 Å². The highest BCUT2D eigenvalue weighted by Crippen LogP contribution is 2.34. The number of nitrogens with two attached hydrogens (primary N) is 1. The molecular weight excluding hydrogens is 570 g/mol. The zero-order valence-corrected chi connectivity index (χ0v) is 24.0. The fourth-order valence-corrected chi connectivity index (χ4v) is 5.61. The number of nitrogens with one attached hydrogen (secondary N) is 2. The number of anilines is 1. The van der Waals surface area contributed by atoms with Gasteiger partial charge < -0.3 is 20.2 Å². The Kier molecular flexibility index (Phi) is 8.69. The number of Topliss-reactive ketones (excluding diaryl/α,β-unsaturated/α-hetero) is 1. The molecule has 0 saturated heterocycles. The van der Waals surface area contributed by atoms with Crippen LogP contribution in [0.5, 0.6) is 11.6 Å². The SMILES string of the molecule is Cc1cc2cc(C(=O)C3=C(N)C(Cc4ccc(Oc5ncccc5Cl)cc4Cl)C=C3)[nH]c2cc1NSCCCF. The van der Waals surface area contributed by atoms with Crippen molar-refractivity contribution in [2.75, 3.05) is 17.1 Å². The number of nitrogens with zero attached hydrogens (tertiary/aromatic N) is 1. The van der Waals surface area contributed by atoms with Gasteiger partial charge in [0.2, 0.25) is 11.7 Å². The summed E-state index contributed by atoms with van der Waals surface area (Å²) in [5.74, 6) is 1.15. The number of pyridine rings is 1. The summed E-state index contributed by atoms with van der Waals surface area (Å²) in [7, 11) is 0.